The van der Waals surface area contributed by atoms with E-state index in [1.165, 1.54) is 4.90 Å². The van der Waals surface area contributed by atoms with Gasteiger partial charge in [-0.1, -0.05) is 19.9 Å². The van der Waals surface area contributed by atoms with E-state index in [0.717, 1.165) is 11.5 Å². The van der Waals surface area contributed by atoms with Crippen LogP contribution in [-0.2, 0) is 9.53 Å². The van der Waals surface area contributed by atoms with Gasteiger partial charge in [-0.3, -0.25) is 9.59 Å². The Hall–Kier alpha value is -2.96. The van der Waals surface area contributed by atoms with E-state index in [9.17, 15) is 14.7 Å². The first kappa shape index (κ1) is 21.3. The number of nitrogens with one attached hydrogen (secondary N) is 2. The van der Waals surface area contributed by atoms with Crippen LogP contribution in [0.15, 0.2) is 41.4 Å². The molecule has 0 atom stereocenters. The van der Waals surface area contributed by atoms with Gasteiger partial charge in [0.2, 0.25) is 0 Å². The summed E-state index contributed by atoms with van der Waals surface area (Å²) in [6.07, 6.45) is 2.33. The van der Waals surface area contributed by atoms with Gasteiger partial charge >= 0.3 is 0 Å². The van der Waals surface area contributed by atoms with Crippen molar-refractivity contribution in [2.75, 3.05) is 32.6 Å². The minimum absolute atomic E-state index is 0.0583. The molecular weight excluding hydrogens is 358 g/mol. The first-order valence-electron chi connectivity index (χ1n) is 9.38. The summed E-state index contributed by atoms with van der Waals surface area (Å²) in [4.78, 5) is 25.6. The fourth-order valence-electron chi connectivity index (χ4n) is 2.80. The molecule has 3 N–H and O–H groups in total. The lowest BCUT2D eigenvalue weighted by atomic mass is 9.98. The molecule has 0 aromatic heterocycles. The summed E-state index contributed by atoms with van der Waals surface area (Å²) in [7, 11) is 3.23. The van der Waals surface area contributed by atoms with Crippen molar-refractivity contribution < 1.29 is 19.4 Å². The fourth-order valence-corrected chi connectivity index (χ4v) is 2.80. The summed E-state index contributed by atoms with van der Waals surface area (Å²) < 4.78 is 5.62. The minimum Gasteiger partial charge on any atom is -0.505 e. The maximum absolute atomic E-state index is 12.2. The number of Topliss-reactive ketones (excluding diaryl/α,β-unsaturated/α-hetero) is 1. The second kappa shape index (κ2) is 9.30. The molecule has 28 heavy (non-hydrogen) atoms. The number of ketones is 1. The Labute approximate surface area is 166 Å². The molecule has 1 aliphatic carbocycles. The van der Waals surface area contributed by atoms with Crippen LogP contribution in [-0.4, -0.2) is 48.9 Å². The topological polar surface area (TPSA) is 90.9 Å². The summed E-state index contributed by atoms with van der Waals surface area (Å²) in [6, 6.07) is 4.83. The molecule has 152 valence electrons. The van der Waals surface area contributed by atoms with Gasteiger partial charge in [-0.25, -0.2) is 0 Å². The van der Waals surface area contributed by atoms with E-state index in [1.54, 1.807) is 32.3 Å². The first-order chi connectivity index (χ1) is 13.2. The number of aromatic hydroxyl groups is 1. The van der Waals surface area contributed by atoms with Crippen molar-refractivity contribution in [1.82, 2.24) is 10.2 Å². The van der Waals surface area contributed by atoms with Crippen LogP contribution < -0.4 is 10.6 Å². The highest BCUT2D eigenvalue weighted by molar-refractivity contribution is 6.07. The van der Waals surface area contributed by atoms with Gasteiger partial charge in [-0.05, 0) is 31.1 Å². The molecule has 0 bridgehead atoms. The van der Waals surface area contributed by atoms with Crippen molar-refractivity contribution >= 4 is 17.4 Å². The number of carbonyl (C=O) groups is 2. The molecule has 1 aromatic carbocycles. The molecule has 0 unspecified atom stereocenters. The van der Waals surface area contributed by atoms with Gasteiger partial charge < -0.3 is 25.4 Å². The van der Waals surface area contributed by atoms with Gasteiger partial charge in [0.05, 0.1) is 30.8 Å². The molecule has 0 saturated carbocycles. The van der Waals surface area contributed by atoms with Crippen LogP contribution in [0.5, 0.6) is 5.75 Å². The molecule has 2 rings (SSSR count). The Kier molecular flexibility index (Phi) is 7.09. The molecule has 1 amide bonds. The van der Waals surface area contributed by atoms with Crippen LogP contribution in [0, 0.1) is 5.92 Å². The van der Waals surface area contributed by atoms with Crippen LogP contribution in [0.3, 0.4) is 0 Å². The number of rotatable bonds is 9. The van der Waals surface area contributed by atoms with Gasteiger partial charge in [-0.2, -0.15) is 0 Å². The van der Waals surface area contributed by atoms with Crippen molar-refractivity contribution in [2.45, 2.75) is 27.2 Å². The molecule has 7 nitrogen and oxygen atoms in total. The van der Waals surface area contributed by atoms with E-state index in [-0.39, 0.29) is 23.0 Å². The van der Waals surface area contributed by atoms with Crippen LogP contribution in [0.2, 0.25) is 0 Å². The van der Waals surface area contributed by atoms with Gasteiger partial charge in [0.15, 0.2) is 11.5 Å². The lowest BCUT2D eigenvalue weighted by molar-refractivity contribution is -0.116. The second-order valence-electron chi connectivity index (χ2n) is 7.14. The number of carbonyl (C=O) groups excluding carboxylic acids is 2. The maximum Gasteiger partial charge on any atom is 0.257 e. The molecule has 0 spiro atoms. The second-order valence-corrected chi connectivity index (χ2v) is 7.14. The summed E-state index contributed by atoms with van der Waals surface area (Å²) in [5, 5.41) is 16.6. The molecule has 0 heterocycles. The van der Waals surface area contributed by atoms with Crippen molar-refractivity contribution in [3.63, 3.8) is 0 Å². The first-order valence-corrected chi connectivity index (χ1v) is 9.38. The smallest absolute Gasteiger partial charge is 0.257 e. The highest BCUT2D eigenvalue weighted by atomic mass is 16.5. The third-order valence-corrected chi connectivity index (χ3v) is 4.18. The number of phenols is 1. The maximum atomic E-state index is 12.2. The van der Waals surface area contributed by atoms with E-state index < -0.39 is 0 Å². The normalized spacial score (nSPS) is 14.1. The van der Waals surface area contributed by atoms with E-state index in [1.807, 2.05) is 13.0 Å². The van der Waals surface area contributed by atoms with Crippen LogP contribution in [0.1, 0.15) is 37.6 Å². The highest BCUT2D eigenvalue weighted by Gasteiger charge is 2.28. The molecule has 0 saturated heterocycles. The largest absolute Gasteiger partial charge is 0.505 e. The van der Waals surface area contributed by atoms with E-state index in [4.69, 9.17) is 4.74 Å². The number of hydrogen-bond acceptors (Lipinski definition) is 6. The number of para-hydroxylation sites is 1. The summed E-state index contributed by atoms with van der Waals surface area (Å²) in [5.74, 6) is 0.630. The molecule has 1 aliphatic rings. The Morgan fingerprint density at radius 2 is 2.07 bits per heavy atom. The third kappa shape index (κ3) is 5.06. The number of ether oxygens (including phenoxy) is 1. The lowest BCUT2D eigenvalue weighted by Gasteiger charge is -2.26. The Morgan fingerprint density at radius 3 is 2.64 bits per heavy atom. The molecule has 0 fully saturated rings. The predicted molar refractivity (Wildman–Crippen MR) is 109 cm³/mol. The van der Waals surface area contributed by atoms with E-state index in [2.05, 4.69) is 24.5 Å². The summed E-state index contributed by atoms with van der Waals surface area (Å²) in [6.45, 7) is 7.12. The predicted octanol–water partition coefficient (Wildman–Crippen LogP) is 2.86. The summed E-state index contributed by atoms with van der Waals surface area (Å²) >= 11 is 0. The van der Waals surface area contributed by atoms with E-state index in [0.29, 0.717) is 36.9 Å². The number of benzene rings is 1. The van der Waals surface area contributed by atoms with Gasteiger partial charge in [0.25, 0.3) is 5.91 Å². The number of amides is 1. The van der Waals surface area contributed by atoms with Crippen LogP contribution in [0.4, 0.5) is 5.69 Å². The van der Waals surface area contributed by atoms with Gasteiger partial charge in [0.1, 0.15) is 11.5 Å². The monoisotopic (exact) mass is 387 g/mol. The highest BCUT2D eigenvalue weighted by Crippen LogP contribution is 2.32. The average molecular weight is 387 g/mol. The fraction of sp³-hybridized carbons (Fsp3) is 0.429. The van der Waals surface area contributed by atoms with Gasteiger partial charge in [0, 0.05) is 19.8 Å². The molecule has 0 aliphatic heterocycles. The van der Waals surface area contributed by atoms with Crippen molar-refractivity contribution in [3.05, 3.63) is 47.0 Å². The standard InChI is InChI=1S/C21H29N3O4/c1-6-28-14(10-13(2)3)12-22-17-11-18(25)19(17)23-16-9-7-8-15(20(16)26)21(27)24(4)5/h7-10,13,22-23,26H,6,11-12H2,1-5H3/b14-10-. The molecule has 1 aromatic rings. The molecular formula is C21H29N3O4. The molecule has 0 radical (unpaired) electrons. The zero-order valence-corrected chi connectivity index (χ0v) is 17.1. The van der Waals surface area contributed by atoms with Crippen molar-refractivity contribution in [2.24, 2.45) is 5.92 Å². The number of phenolic OH excluding ortho intramolecular Hbond substituents is 1. The number of anilines is 1. The minimum atomic E-state index is -0.311. The third-order valence-electron chi connectivity index (χ3n) is 4.18. The SMILES string of the molecule is CCO/C(=C\C(C)C)CNC1=C(Nc2cccc(C(=O)N(C)C)c2O)C(=O)C1. The van der Waals surface area contributed by atoms with Crippen LogP contribution in [0.25, 0.3) is 0 Å². The van der Waals surface area contributed by atoms with E-state index >= 15 is 0 Å². The average Bonchev–Trinajstić information content (AvgIpc) is 2.63. The van der Waals surface area contributed by atoms with Crippen molar-refractivity contribution in [1.29, 1.82) is 0 Å². The number of hydrogen-bond donors (Lipinski definition) is 3. The van der Waals surface area contributed by atoms with Gasteiger partial charge in [-0.15, -0.1) is 0 Å². The Morgan fingerprint density at radius 1 is 1.36 bits per heavy atom. The Balaban J connectivity index is 2.17. The lowest BCUT2D eigenvalue weighted by Crippen LogP contribution is -2.33. The zero-order valence-electron chi connectivity index (χ0n) is 17.1. The van der Waals surface area contributed by atoms with Crippen molar-refractivity contribution in [3.8, 4) is 5.75 Å². The number of allylic oxidation sites excluding steroid dienone is 3. The summed E-state index contributed by atoms with van der Waals surface area (Å²) in [5.41, 5.74) is 1.64. The quantitative estimate of drug-likeness (QED) is 0.446. The molecule has 7 heteroatoms. The Bertz CT molecular complexity index is 810. The zero-order chi connectivity index (χ0) is 20.8. The number of nitrogens with zero attached hydrogens (tertiary/aromatic N) is 1. The van der Waals surface area contributed by atoms with Crippen LogP contribution >= 0.6 is 0 Å².